The maximum absolute atomic E-state index is 9.97. The number of hydrogen-bond donors (Lipinski definition) is 1. The molecule has 0 bridgehead atoms. The van der Waals surface area contributed by atoms with E-state index < -0.39 is 5.54 Å². The Balaban J connectivity index is 0.000000325. The van der Waals surface area contributed by atoms with E-state index in [-0.39, 0.29) is 23.7 Å². The van der Waals surface area contributed by atoms with Crippen molar-refractivity contribution in [2.45, 2.75) is 12.1 Å². The molecule has 8 heteroatoms. The molecule has 1 unspecified atom stereocenters. The Bertz CT molecular complexity index is 558. The summed E-state index contributed by atoms with van der Waals surface area (Å²) in [5.74, 6) is 0.955. The Morgan fingerprint density at radius 2 is 1.44 bits per heavy atom. The average Bonchev–Trinajstić information content (AvgIpc) is 3.43. The second-order valence-corrected chi connectivity index (χ2v) is 5.26. The normalized spacial score (nSPS) is 19.7. The maximum Gasteiger partial charge on any atom is 2.00 e. The van der Waals surface area contributed by atoms with Gasteiger partial charge in [-0.1, -0.05) is 0 Å². The number of aliphatic hydroxyl groups is 1. The van der Waals surface area contributed by atoms with E-state index in [9.17, 15) is 5.11 Å². The Morgan fingerprint density at radius 3 is 1.92 bits per heavy atom. The molecule has 0 saturated heterocycles. The molecule has 25 heavy (non-hydrogen) atoms. The van der Waals surface area contributed by atoms with Gasteiger partial charge >= 0.3 is 17.1 Å². The molecule has 1 atom stereocenters. The first-order valence-electron chi connectivity index (χ1n) is 7.52. The third kappa shape index (κ3) is 4.90. The van der Waals surface area contributed by atoms with Crippen molar-refractivity contribution in [2.24, 2.45) is 0 Å². The molecule has 10 radical (unpaired) electrons. The van der Waals surface area contributed by atoms with Crippen LogP contribution in [0.25, 0.3) is 0 Å². The van der Waals surface area contributed by atoms with Gasteiger partial charge in [0.2, 0.25) is 0 Å². The first-order valence-corrected chi connectivity index (χ1v) is 7.52. The minimum atomic E-state index is -0.728. The quantitative estimate of drug-likeness (QED) is 0.774. The summed E-state index contributed by atoms with van der Waals surface area (Å²) < 4.78 is 3.33. The minimum Gasteiger partial charge on any atom is -0.394 e. The van der Waals surface area contributed by atoms with Gasteiger partial charge in [0.25, 0.3) is 0 Å². The van der Waals surface area contributed by atoms with E-state index in [1.807, 2.05) is 57.8 Å². The molecule has 2 aromatic rings. The maximum atomic E-state index is 9.97. The first kappa shape index (κ1) is 20.1. The van der Waals surface area contributed by atoms with Gasteiger partial charge in [0, 0.05) is 5.92 Å². The molecular formula is C17H18FeN6O+2. The van der Waals surface area contributed by atoms with Gasteiger partial charge in [0.15, 0.2) is 0 Å². The number of hydrogen-bond acceptors (Lipinski definition) is 5. The monoisotopic (exact) mass is 378 g/mol. The van der Waals surface area contributed by atoms with Crippen molar-refractivity contribution in [1.29, 1.82) is 0 Å². The van der Waals surface area contributed by atoms with Crippen molar-refractivity contribution in [1.82, 2.24) is 29.5 Å². The molecule has 2 saturated carbocycles. The molecule has 0 aromatic carbocycles. The van der Waals surface area contributed by atoms with Crippen molar-refractivity contribution >= 4 is 0 Å². The van der Waals surface area contributed by atoms with E-state index in [1.165, 1.54) is 12.7 Å². The van der Waals surface area contributed by atoms with E-state index in [1.54, 1.807) is 22.0 Å². The second-order valence-electron chi connectivity index (χ2n) is 5.26. The number of rotatable bonds is 5. The Kier molecular flexibility index (Phi) is 8.06. The number of nitrogens with zero attached hydrogens (tertiary/aromatic N) is 6. The SMILES string of the molecule is OCC(Cn1cncn1)([C]1[CH][CH][CH][CH]1)n1cncn1.[CH]1[CH][CH][CH][CH]1.[Fe+2]. The standard InChI is InChI=1S/C12H13N6O.C5H5.Fe/c19-6-12(11-3-1-2-4-11,18-10-14-8-16-18)5-17-9-13-7-15-17;1-2-4-5-3-1;/h1-4,7-10,19H,5-6H2;1-5H;/q;;+2. The smallest absolute Gasteiger partial charge is 0.394 e. The van der Waals surface area contributed by atoms with Gasteiger partial charge in [-0.2, -0.15) is 10.2 Å². The van der Waals surface area contributed by atoms with Crippen LogP contribution >= 0.6 is 0 Å². The predicted octanol–water partition coefficient (Wildman–Crippen LogP) is 0.682. The van der Waals surface area contributed by atoms with Crippen LogP contribution in [0, 0.1) is 63.7 Å². The molecule has 0 aliphatic heterocycles. The summed E-state index contributed by atoms with van der Waals surface area (Å²) in [6.07, 6.45) is 23.9. The zero-order valence-corrected chi connectivity index (χ0v) is 14.5. The average molecular weight is 378 g/mol. The van der Waals surface area contributed by atoms with Crippen molar-refractivity contribution in [3.8, 4) is 0 Å². The molecule has 0 amide bonds. The summed E-state index contributed by atoms with van der Waals surface area (Å²) >= 11 is 0. The summed E-state index contributed by atoms with van der Waals surface area (Å²) in [5.41, 5.74) is -0.728. The Labute approximate surface area is 159 Å². The molecule has 2 aliphatic carbocycles. The van der Waals surface area contributed by atoms with Crippen molar-refractivity contribution in [3.63, 3.8) is 0 Å². The predicted molar refractivity (Wildman–Crippen MR) is 87.0 cm³/mol. The molecule has 2 aromatic heterocycles. The summed E-state index contributed by atoms with van der Waals surface area (Å²) in [6, 6.07) is 0. The molecule has 2 heterocycles. The summed E-state index contributed by atoms with van der Waals surface area (Å²) in [4.78, 5) is 7.90. The first-order chi connectivity index (χ1) is 11.8. The Morgan fingerprint density at radius 1 is 0.840 bits per heavy atom. The van der Waals surface area contributed by atoms with E-state index in [2.05, 4.69) is 20.2 Å². The van der Waals surface area contributed by atoms with Gasteiger partial charge in [-0.25, -0.2) is 14.6 Å². The topological polar surface area (TPSA) is 81.6 Å². The van der Waals surface area contributed by atoms with E-state index in [4.69, 9.17) is 0 Å². The fourth-order valence-corrected chi connectivity index (χ4v) is 2.53. The summed E-state index contributed by atoms with van der Waals surface area (Å²) in [7, 11) is 0. The summed E-state index contributed by atoms with van der Waals surface area (Å²) in [6.45, 7) is 0.317. The van der Waals surface area contributed by atoms with E-state index in [0.717, 1.165) is 5.92 Å². The third-order valence-corrected chi connectivity index (χ3v) is 3.76. The number of aliphatic hydroxyl groups excluding tert-OH is 1. The second kappa shape index (κ2) is 10.0. The van der Waals surface area contributed by atoms with Crippen LogP contribution in [0.15, 0.2) is 25.3 Å². The third-order valence-electron chi connectivity index (χ3n) is 3.76. The van der Waals surface area contributed by atoms with Crippen LogP contribution < -0.4 is 0 Å². The molecule has 7 nitrogen and oxygen atoms in total. The van der Waals surface area contributed by atoms with Gasteiger partial charge in [-0.3, -0.25) is 4.68 Å². The zero-order valence-electron chi connectivity index (χ0n) is 13.4. The van der Waals surface area contributed by atoms with Crippen LogP contribution in [0.3, 0.4) is 0 Å². The van der Waals surface area contributed by atoms with Crippen LogP contribution in [-0.2, 0) is 29.2 Å². The largest absolute Gasteiger partial charge is 2.00 e. The Hall–Kier alpha value is -1.24. The van der Waals surface area contributed by atoms with Crippen LogP contribution in [0.5, 0.6) is 0 Å². The van der Waals surface area contributed by atoms with Crippen LogP contribution in [0.4, 0.5) is 0 Å². The fourth-order valence-electron chi connectivity index (χ4n) is 2.53. The van der Waals surface area contributed by atoms with Crippen molar-refractivity contribution < 1.29 is 22.2 Å². The van der Waals surface area contributed by atoms with Gasteiger partial charge in [0.05, 0.1) is 13.2 Å². The number of aromatic nitrogens is 6. The molecular weight excluding hydrogens is 360 g/mol. The molecule has 1 N–H and O–H groups in total. The van der Waals surface area contributed by atoms with Gasteiger partial charge in [0.1, 0.15) is 30.8 Å². The van der Waals surface area contributed by atoms with E-state index in [0.29, 0.717) is 6.54 Å². The van der Waals surface area contributed by atoms with Crippen LogP contribution in [-0.4, -0.2) is 41.2 Å². The van der Waals surface area contributed by atoms with Gasteiger partial charge in [-0.15, -0.1) is 0 Å². The molecule has 2 fully saturated rings. The van der Waals surface area contributed by atoms with Crippen molar-refractivity contribution in [2.75, 3.05) is 6.61 Å². The van der Waals surface area contributed by atoms with Gasteiger partial charge < -0.3 is 5.11 Å². The van der Waals surface area contributed by atoms with Crippen molar-refractivity contribution in [3.05, 3.63) is 89.0 Å². The summed E-state index contributed by atoms with van der Waals surface area (Å²) in [5, 5.41) is 18.3. The van der Waals surface area contributed by atoms with Crippen LogP contribution in [0.2, 0.25) is 0 Å². The van der Waals surface area contributed by atoms with E-state index >= 15 is 0 Å². The molecule has 2 aliphatic rings. The molecule has 128 valence electrons. The molecule has 4 rings (SSSR count). The zero-order chi connectivity index (χ0) is 16.7. The molecule has 0 spiro atoms. The fraction of sp³-hybridized carbons (Fsp3) is 0.176. The minimum absolute atomic E-state index is 0. The van der Waals surface area contributed by atoms with Crippen LogP contribution in [0.1, 0.15) is 0 Å². The van der Waals surface area contributed by atoms with Gasteiger partial charge in [-0.05, 0) is 57.8 Å².